The number of hydrogen-bond acceptors (Lipinski definition) is 8. The average Bonchev–Trinajstić information content (AvgIpc) is 2.59. The van der Waals surface area contributed by atoms with Crippen molar-refractivity contribution in [2.75, 3.05) is 13.1 Å². The minimum atomic E-state index is -8.10. The zero-order chi connectivity index (χ0) is 25.2. The van der Waals surface area contributed by atoms with Gasteiger partial charge in [-0.2, -0.15) is 12.8 Å². The van der Waals surface area contributed by atoms with Crippen LogP contribution in [0, 0.1) is 0 Å². The van der Waals surface area contributed by atoms with Gasteiger partial charge in [0.25, 0.3) is 0 Å². The molecule has 2 aromatic carbocycles. The number of aromatic hydroxyl groups is 4. The Morgan fingerprint density at radius 3 is 1.48 bits per heavy atom. The molecule has 0 aliphatic heterocycles. The molecule has 2 aromatic rings. The van der Waals surface area contributed by atoms with E-state index in [9.17, 15) is 27.5 Å². The molecule has 0 spiro atoms. The van der Waals surface area contributed by atoms with E-state index in [-0.39, 0.29) is 48.4 Å². The van der Waals surface area contributed by atoms with Crippen molar-refractivity contribution in [3.05, 3.63) is 47.5 Å². The van der Waals surface area contributed by atoms with E-state index in [1.807, 2.05) is 0 Å². The largest absolute Gasteiger partial charge is 0.504 e. The highest BCUT2D eigenvalue weighted by Gasteiger charge is 2.33. The van der Waals surface area contributed by atoms with Crippen molar-refractivity contribution in [2.45, 2.75) is 12.8 Å². The quantitative estimate of drug-likeness (QED) is 0.212. The van der Waals surface area contributed by atoms with Gasteiger partial charge in [-0.05, 0) is 54.8 Å². The van der Waals surface area contributed by atoms with Gasteiger partial charge in [-0.1, -0.05) is 35.4 Å². The van der Waals surface area contributed by atoms with Crippen LogP contribution in [0.3, 0.4) is 0 Å². The number of hydrogen-bond donors (Lipinski definition) is 5. The van der Waals surface area contributed by atoms with Crippen molar-refractivity contribution < 1.29 is 52.2 Å². The molecule has 0 saturated heterocycles. The van der Waals surface area contributed by atoms with E-state index in [0.717, 1.165) is 5.56 Å². The van der Waals surface area contributed by atoms with Crippen LogP contribution in [0.4, 0.5) is 23.3 Å². The third kappa shape index (κ3) is 19.9. The molecule has 0 fully saturated rings. The van der Waals surface area contributed by atoms with Gasteiger partial charge in [-0.15, -0.1) is 12.4 Å². The van der Waals surface area contributed by atoms with E-state index in [1.54, 1.807) is 6.07 Å². The normalized spacial score (nSPS) is 11.9. The smallest absolute Gasteiger partial charge is 0.456 e. The van der Waals surface area contributed by atoms with Crippen LogP contribution >= 0.6 is 12.4 Å². The highest BCUT2D eigenvalue weighted by Crippen LogP contribution is 2.31. The van der Waals surface area contributed by atoms with E-state index in [2.05, 4.69) is 4.36 Å². The molecule has 0 amide bonds. The van der Waals surface area contributed by atoms with Crippen molar-refractivity contribution in [1.82, 2.24) is 0 Å². The lowest BCUT2D eigenvalue weighted by Crippen LogP contribution is -2.02. The first kappa shape index (κ1) is 32.7. The maximum atomic E-state index is 11.8. The molecule has 6 N–H and O–H groups in total. The molecule has 0 aliphatic rings. The molecule has 0 unspecified atom stereocenters. The number of nitrogens with two attached hydrogens (primary N) is 1. The second-order valence-electron chi connectivity index (χ2n) is 5.79. The summed E-state index contributed by atoms with van der Waals surface area (Å²) in [6.45, 7) is 0.250. The number of phenolic OH excluding ortho intramolecular Hbond substituents is 4. The average molecular weight is 551 g/mol. The predicted molar refractivity (Wildman–Crippen MR) is 113 cm³/mol. The summed E-state index contributed by atoms with van der Waals surface area (Å²) in [6, 6.07) is 8.66. The Hall–Kier alpha value is -2.43. The monoisotopic (exact) mass is 550 g/mol. The Morgan fingerprint density at radius 2 is 1.18 bits per heavy atom. The van der Waals surface area contributed by atoms with Crippen LogP contribution in [-0.4, -0.2) is 41.9 Å². The molecule has 2 rings (SSSR count). The van der Waals surface area contributed by atoms with Crippen molar-refractivity contribution in [3.63, 3.8) is 0 Å². The van der Waals surface area contributed by atoms with Crippen LogP contribution in [0.25, 0.3) is 0 Å². The summed E-state index contributed by atoms with van der Waals surface area (Å²) in [6.07, 6.45) is 0.840. The van der Waals surface area contributed by atoms with Crippen LogP contribution in [0.5, 0.6) is 23.0 Å². The molecule has 8 nitrogen and oxygen atoms in total. The Morgan fingerprint density at radius 1 is 0.818 bits per heavy atom. The third-order valence-corrected chi connectivity index (χ3v) is 3.64. The Balaban J connectivity index is 0. The van der Waals surface area contributed by atoms with E-state index < -0.39 is 21.1 Å². The first-order valence-electron chi connectivity index (χ1n) is 8.24. The number of halogens is 7. The van der Waals surface area contributed by atoms with E-state index >= 15 is 0 Å². The van der Waals surface area contributed by atoms with E-state index in [4.69, 9.17) is 30.4 Å². The molecule has 0 heterocycles. The second kappa shape index (κ2) is 13.3. The zero-order valence-electron chi connectivity index (χ0n) is 16.4. The highest BCUT2D eigenvalue weighted by atomic mass is 35.5. The maximum Gasteiger partial charge on any atom is 0.456 e. The molecule has 192 valence electrons. The van der Waals surface area contributed by atoms with Gasteiger partial charge in [0.1, 0.15) is 0 Å². The summed E-state index contributed by atoms with van der Waals surface area (Å²) in [4.78, 5) is 0. The second-order valence-corrected chi connectivity index (χ2v) is 8.04. The number of rotatable bonds is 5. The van der Waals surface area contributed by atoms with Gasteiger partial charge in [0, 0.05) is 0 Å². The topological polar surface area (TPSA) is 153 Å². The minimum Gasteiger partial charge on any atom is -0.504 e. The van der Waals surface area contributed by atoms with Crippen LogP contribution in [0.1, 0.15) is 11.1 Å². The summed E-state index contributed by atoms with van der Waals surface area (Å²) >= 11 is 0. The predicted octanol–water partition coefficient (Wildman–Crippen LogP) is 4.24. The fourth-order valence-corrected chi connectivity index (χ4v) is 2.20. The first-order valence-corrected chi connectivity index (χ1v) is 11.1. The molecule has 0 atom stereocenters. The molecule has 0 saturated carbocycles. The van der Waals surface area contributed by atoms with Gasteiger partial charge < -0.3 is 26.2 Å². The van der Waals surface area contributed by atoms with Gasteiger partial charge >= 0.3 is 21.1 Å². The number of nitrogens with zero attached hydrogens (tertiary/aromatic N) is 1. The maximum absolute atomic E-state index is 11.8. The Labute approximate surface area is 192 Å². The lowest BCUT2D eigenvalue weighted by Gasteiger charge is -2.00. The van der Waals surface area contributed by atoms with Gasteiger partial charge in [0.05, 0.1) is 6.54 Å². The van der Waals surface area contributed by atoms with E-state index in [0.29, 0.717) is 18.5 Å². The van der Waals surface area contributed by atoms with Gasteiger partial charge in [0.15, 0.2) is 23.0 Å². The summed E-state index contributed by atoms with van der Waals surface area (Å²) in [5.41, 5.74) is 6.76. The summed E-state index contributed by atoms with van der Waals surface area (Å²) in [7, 11) is -13.1. The van der Waals surface area contributed by atoms with Crippen molar-refractivity contribution in [3.8, 4) is 23.0 Å². The summed E-state index contributed by atoms with van der Waals surface area (Å²) in [5, 5.41) is 36.0. The fraction of sp³-hybridized carbons (Fsp3) is 0.250. The van der Waals surface area contributed by atoms with Gasteiger partial charge in [-0.25, -0.2) is 0 Å². The van der Waals surface area contributed by atoms with Crippen molar-refractivity contribution >= 4 is 33.5 Å². The first-order chi connectivity index (χ1) is 14.4. The van der Waals surface area contributed by atoms with Crippen LogP contribution in [-0.2, 0) is 34.0 Å². The summed E-state index contributed by atoms with van der Waals surface area (Å²) in [5.74, 6) is -0.786. The van der Waals surface area contributed by atoms with Crippen LogP contribution in [0.2, 0.25) is 0 Å². The third-order valence-electron chi connectivity index (χ3n) is 3.15. The minimum absolute atomic E-state index is 0. The molecule has 0 aromatic heterocycles. The molecule has 17 heteroatoms. The van der Waals surface area contributed by atoms with Crippen LogP contribution in [0.15, 0.2) is 40.8 Å². The standard InChI is InChI=1S/C8H9F2NO3S.C8H11NO2.ClH.F4OS/c9-15(10,14)11-4-3-6-1-2-7(12)8(13)5-6;9-4-3-6-1-2-7(10)8(11)5-6;;1-6(2,3,4)5/h1-2,5,12-13H,3-4H2;1-2,5,10-11H,3-4,9H2;1H;. The lowest BCUT2D eigenvalue weighted by molar-refractivity contribution is 0.403. The fourth-order valence-electron chi connectivity index (χ4n) is 1.90. The molecular formula is C16H21ClF6N2O6S2. The Bertz CT molecular complexity index is 1060. The molecular weight excluding hydrogens is 530 g/mol. The number of phenols is 4. The van der Waals surface area contributed by atoms with Gasteiger partial charge in [-0.3, -0.25) is 0 Å². The summed E-state index contributed by atoms with van der Waals surface area (Å²) < 4.78 is 84.1. The highest BCUT2D eigenvalue weighted by molar-refractivity contribution is 8.01. The molecule has 33 heavy (non-hydrogen) atoms. The number of benzene rings is 2. The van der Waals surface area contributed by atoms with Gasteiger partial charge in [0.2, 0.25) is 0 Å². The zero-order valence-corrected chi connectivity index (χ0v) is 18.9. The Kier molecular flexibility index (Phi) is 13.2. The molecule has 0 bridgehead atoms. The van der Waals surface area contributed by atoms with E-state index in [1.165, 1.54) is 30.3 Å². The lowest BCUT2D eigenvalue weighted by atomic mass is 10.1. The van der Waals surface area contributed by atoms with Crippen LogP contribution < -0.4 is 5.73 Å². The molecule has 0 radical (unpaired) electrons. The molecule has 0 aliphatic carbocycles. The SMILES string of the molecule is Cl.NCCc1ccc(O)c(O)c1.O=S(F)(F)(F)F.O=S(F)(F)=NCCc1ccc(O)c(O)c1. The van der Waals surface area contributed by atoms with Crippen molar-refractivity contribution in [2.24, 2.45) is 10.1 Å². The van der Waals surface area contributed by atoms with Crippen molar-refractivity contribution in [1.29, 1.82) is 0 Å².